The van der Waals surface area contributed by atoms with Crippen molar-refractivity contribution in [2.75, 3.05) is 6.54 Å². The standard InChI is InChI=1S/C14H17Cl2N3/c1-3-17-13(9-14-18-6-7-19(14)2)11-5-4-10(15)8-12(11)16/h4-8,13,17H,3,9H2,1-2H3. The molecule has 2 aromatic rings. The third kappa shape index (κ3) is 3.50. The highest BCUT2D eigenvalue weighted by molar-refractivity contribution is 6.35. The van der Waals surface area contributed by atoms with Crippen molar-refractivity contribution in [1.82, 2.24) is 14.9 Å². The molecule has 0 fully saturated rings. The maximum atomic E-state index is 6.29. The van der Waals surface area contributed by atoms with Crippen LogP contribution in [0.15, 0.2) is 30.6 Å². The van der Waals surface area contributed by atoms with Crippen LogP contribution in [0.5, 0.6) is 0 Å². The fourth-order valence-corrected chi connectivity index (χ4v) is 2.64. The first-order chi connectivity index (χ1) is 9.11. The number of aryl methyl sites for hydroxylation is 1. The second kappa shape index (κ2) is 6.42. The molecule has 0 amide bonds. The molecule has 0 saturated heterocycles. The molecule has 2 rings (SSSR count). The number of aromatic nitrogens is 2. The van der Waals surface area contributed by atoms with Crippen molar-refractivity contribution in [2.45, 2.75) is 19.4 Å². The van der Waals surface area contributed by atoms with E-state index in [0.717, 1.165) is 24.4 Å². The number of imidazole rings is 1. The molecule has 1 aromatic carbocycles. The summed E-state index contributed by atoms with van der Waals surface area (Å²) >= 11 is 12.2. The van der Waals surface area contributed by atoms with Gasteiger partial charge in [0.2, 0.25) is 0 Å². The minimum absolute atomic E-state index is 0.135. The lowest BCUT2D eigenvalue weighted by Crippen LogP contribution is -2.24. The highest BCUT2D eigenvalue weighted by atomic mass is 35.5. The zero-order valence-corrected chi connectivity index (χ0v) is 12.5. The average Bonchev–Trinajstić information content (AvgIpc) is 2.75. The summed E-state index contributed by atoms with van der Waals surface area (Å²) in [5.41, 5.74) is 1.05. The number of hydrogen-bond donors (Lipinski definition) is 1. The van der Waals surface area contributed by atoms with Crippen LogP contribution in [0.25, 0.3) is 0 Å². The number of rotatable bonds is 5. The van der Waals surface area contributed by atoms with Gasteiger partial charge in [-0.25, -0.2) is 4.98 Å². The maximum Gasteiger partial charge on any atom is 0.110 e. The normalized spacial score (nSPS) is 12.6. The summed E-state index contributed by atoms with van der Waals surface area (Å²) in [6.07, 6.45) is 4.54. The second-order valence-electron chi connectivity index (χ2n) is 4.43. The SMILES string of the molecule is CCNC(Cc1nccn1C)c1ccc(Cl)cc1Cl. The molecular formula is C14H17Cl2N3. The zero-order chi connectivity index (χ0) is 13.8. The van der Waals surface area contributed by atoms with E-state index in [-0.39, 0.29) is 6.04 Å². The van der Waals surface area contributed by atoms with E-state index in [0.29, 0.717) is 10.0 Å². The first-order valence-corrected chi connectivity index (χ1v) is 7.02. The van der Waals surface area contributed by atoms with Gasteiger partial charge in [0, 0.05) is 41.9 Å². The van der Waals surface area contributed by atoms with Crippen LogP contribution >= 0.6 is 23.2 Å². The van der Waals surface area contributed by atoms with E-state index in [1.54, 1.807) is 6.07 Å². The molecule has 1 unspecified atom stereocenters. The van der Waals surface area contributed by atoms with Crippen molar-refractivity contribution in [3.05, 3.63) is 52.0 Å². The molecule has 5 heteroatoms. The molecule has 0 aliphatic carbocycles. The van der Waals surface area contributed by atoms with Crippen molar-refractivity contribution < 1.29 is 0 Å². The van der Waals surface area contributed by atoms with E-state index in [9.17, 15) is 0 Å². The summed E-state index contributed by atoms with van der Waals surface area (Å²) in [6, 6.07) is 5.75. The predicted octanol–water partition coefficient (Wildman–Crippen LogP) is 3.62. The van der Waals surface area contributed by atoms with Gasteiger partial charge in [0.25, 0.3) is 0 Å². The van der Waals surface area contributed by atoms with E-state index in [2.05, 4.69) is 17.2 Å². The van der Waals surface area contributed by atoms with Crippen molar-refractivity contribution in [2.24, 2.45) is 7.05 Å². The molecule has 0 radical (unpaired) electrons. The van der Waals surface area contributed by atoms with Gasteiger partial charge in [0.15, 0.2) is 0 Å². The molecule has 1 N–H and O–H groups in total. The minimum Gasteiger partial charge on any atom is -0.338 e. The van der Waals surface area contributed by atoms with E-state index in [1.165, 1.54) is 0 Å². The highest BCUT2D eigenvalue weighted by Crippen LogP contribution is 2.28. The molecule has 0 saturated carbocycles. The molecule has 0 spiro atoms. The van der Waals surface area contributed by atoms with Gasteiger partial charge in [-0.1, -0.05) is 36.2 Å². The third-order valence-electron chi connectivity index (χ3n) is 3.10. The molecule has 102 valence electrons. The number of nitrogens with one attached hydrogen (secondary N) is 1. The number of hydrogen-bond acceptors (Lipinski definition) is 2. The lowest BCUT2D eigenvalue weighted by Gasteiger charge is -2.19. The van der Waals surface area contributed by atoms with Crippen LogP contribution in [0.2, 0.25) is 10.0 Å². The maximum absolute atomic E-state index is 6.29. The fourth-order valence-electron chi connectivity index (χ4n) is 2.10. The van der Waals surface area contributed by atoms with Crippen LogP contribution in [-0.4, -0.2) is 16.1 Å². The molecule has 1 atom stereocenters. The summed E-state index contributed by atoms with van der Waals surface area (Å²) < 4.78 is 2.02. The first-order valence-electron chi connectivity index (χ1n) is 6.26. The molecule has 1 heterocycles. The van der Waals surface area contributed by atoms with Gasteiger partial charge in [-0.15, -0.1) is 0 Å². The molecule has 0 aliphatic rings. The van der Waals surface area contributed by atoms with Crippen LogP contribution in [0.3, 0.4) is 0 Å². The van der Waals surface area contributed by atoms with E-state index < -0.39 is 0 Å². The molecule has 0 aliphatic heterocycles. The van der Waals surface area contributed by atoms with Gasteiger partial charge in [0.05, 0.1) is 0 Å². The number of halogens is 2. The third-order valence-corrected chi connectivity index (χ3v) is 3.66. The Hall–Kier alpha value is -1.03. The quantitative estimate of drug-likeness (QED) is 0.913. The lowest BCUT2D eigenvalue weighted by atomic mass is 10.0. The van der Waals surface area contributed by atoms with Gasteiger partial charge >= 0.3 is 0 Å². The van der Waals surface area contributed by atoms with Gasteiger partial charge in [0.1, 0.15) is 5.82 Å². The Morgan fingerprint density at radius 2 is 2.16 bits per heavy atom. The van der Waals surface area contributed by atoms with Crippen molar-refractivity contribution in [3.63, 3.8) is 0 Å². The Kier molecular flexibility index (Phi) is 4.86. The Balaban J connectivity index is 2.27. The van der Waals surface area contributed by atoms with Gasteiger partial charge < -0.3 is 9.88 Å². The summed E-state index contributed by atoms with van der Waals surface area (Å²) in [6.45, 7) is 2.95. The topological polar surface area (TPSA) is 29.9 Å². The molecule has 3 nitrogen and oxygen atoms in total. The Bertz CT molecular complexity index is 551. The van der Waals surface area contributed by atoms with Crippen molar-refractivity contribution in [3.8, 4) is 0 Å². The number of benzene rings is 1. The summed E-state index contributed by atoms with van der Waals surface area (Å²) in [4.78, 5) is 4.36. The number of nitrogens with zero attached hydrogens (tertiary/aromatic N) is 2. The van der Waals surface area contributed by atoms with E-state index >= 15 is 0 Å². The average molecular weight is 298 g/mol. The fraction of sp³-hybridized carbons (Fsp3) is 0.357. The molecular weight excluding hydrogens is 281 g/mol. The minimum atomic E-state index is 0.135. The summed E-state index contributed by atoms with van der Waals surface area (Å²) in [7, 11) is 1.99. The molecule has 1 aromatic heterocycles. The monoisotopic (exact) mass is 297 g/mol. The van der Waals surface area contributed by atoms with Crippen LogP contribution < -0.4 is 5.32 Å². The highest BCUT2D eigenvalue weighted by Gasteiger charge is 2.16. The van der Waals surface area contributed by atoms with Crippen molar-refractivity contribution in [1.29, 1.82) is 0 Å². The van der Waals surface area contributed by atoms with Crippen LogP contribution in [-0.2, 0) is 13.5 Å². The predicted molar refractivity (Wildman–Crippen MR) is 79.8 cm³/mol. The largest absolute Gasteiger partial charge is 0.338 e. The lowest BCUT2D eigenvalue weighted by molar-refractivity contribution is 0.529. The van der Waals surface area contributed by atoms with Gasteiger partial charge in [-0.3, -0.25) is 0 Å². The first kappa shape index (κ1) is 14.4. The van der Waals surface area contributed by atoms with Crippen LogP contribution in [0, 0.1) is 0 Å². The second-order valence-corrected chi connectivity index (χ2v) is 5.28. The Labute approximate surface area is 123 Å². The smallest absolute Gasteiger partial charge is 0.110 e. The summed E-state index contributed by atoms with van der Waals surface area (Å²) in [5.74, 6) is 1.02. The molecule has 19 heavy (non-hydrogen) atoms. The Morgan fingerprint density at radius 3 is 2.74 bits per heavy atom. The Morgan fingerprint density at radius 1 is 1.37 bits per heavy atom. The van der Waals surface area contributed by atoms with Crippen molar-refractivity contribution >= 4 is 23.2 Å². The van der Waals surface area contributed by atoms with Crippen LogP contribution in [0.1, 0.15) is 24.4 Å². The van der Waals surface area contributed by atoms with Gasteiger partial charge in [-0.2, -0.15) is 0 Å². The number of likely N-dealkylation sites (N-methyl/N-ethyl adjacent to an activating group) is 1. The summed E-state index contributed by atoms with van der Waals surface area (Å²) in [5, 5.41) is 4.79. The van der Waals surface area contributed by atoms with Crippen LogP contribution in [0.4, 0.5) is 0 Å². The van der Waals surface area contributed by atoms with E-state index in [4.69, 9.17) is 23.2 Å². The zero-order valence-electron chi connectivity index (χ0n) is 11.0. The van der Waals surface area contributed by atoms with E-state index in [1.807, 2.05) is 36.1 Å². The molecule has 0 bridgehead atoms. The van der Waals surface area contributed by atoms with Gasteiger partial charge in [-0.05, 0) is 24.2 Å².